The van der Waals surface area contributed by atoms with Crippen LogP contribution in [0, 0.1) is 0 Å². The molecule has 4 heteroatoms. The quantitative estimate of drug-likeness (QED) is 0.529. The van der Waals surface area contributed by atoms with E-state index in [-0.39, 0.29) is 13.2 Å². The normalized spacial score (nSPS) is 35.1. The van der Waals surface area contributed by atoms with Gasteiger partial charge in [0.2, 0.25) is 0 Å². The van der Waals surface area contributed by atoms with E-state index in [9.17, 15) is 4.39 Å². The van der Waals surface area contributed by atoms with Gasteiger partial charge in [-0.25, -0.2) is 4.39 Å². The van der Waals surface area contributed by atoms with E-state index in [0.717, 1.165) is 0 Å². The number of aliphatic hydroxyl groups excluding tert-OH is 2. The molecule has 1 aliphatic rings. The van der Waals surface area contributed by atoms with Crippen LogP contribution in [-0.4, -0.2) is 53.6 Å². The predicted molar refractivity (Wildman–Crippen MR) is 34.4 cm³/mol. The van der Waals surface area contributed by atoms with E-state index in [1.807, 2.05) is 0 Å². The Morgan fingerprint density at radius 3 is 2.60 bits per heavy atom. The molecule has 0 saturated carbocycles. The molecule has 0 spiro atoms. The Morgan fingerprint density at radius 1 is 1.50 bits per heavy atom. The molecule has 2 unspecified atom stereocenters. The fourth-order valence-corrected chi connectivity index (χ4v) is 1.15. The number of aliphatic hydroxyl groups is 2. The van der Waals surface area contributed by atoms with Crippen LogP contribution in [0.4, 0.5) is 4.39 Å². The van der Waals surface area contributed by atoms with Gasteiger partial charge in [-0.2, -0.15) is 0 Å². The lowest BCUT2D eigenvalue weighted by atomic mass is 10.3. The van der Waals surface area contributed by atoms with E-state index in [1.165, 1.54) is 0 Å². The van der Waals surface area contributed by atoms with E-state index >= 15 is 0 Å². The van der Waals surface area contributed by atoms with Gasteiger partial charge in [0, 0.05) is 19.6 Å². The van der Waals surface area contributed by atoms with Crippen LogP contribution in [0.25, 0.3) is 0 Å². The fraction of sp³-hybridized carbons (Fsp3) is 1.00. The van der Waals surface area contributed by atoms with Crippen molar-refractivity contribution >= 4 is 0 Å². The Kier molecular flexibility index (Phi) is 2.59. The smallest absolute Gasteiger partial charge is 0.140 e. The first-order chi connectivity index (χ1) is 4.74. The summed E-state index contributed by atoms with van der Waals surface area (Å²) < 4.78 is 12.5. The Bertz CT molecular complexity index is 102. The number of hydrogen-bond donors (Lipinski definition) is 2. The second-order valence-electron chi connectivity index (χ2n) is 2.57. The van der Waals surface area contributed by atoms with Gasteiger partial charge in [0.05, 0.1) is 12.7 Å². The molecule has 1 saturated heterocycles. The van der Waals surface area contributed by atoms with Crippen molar-refractivity contribution in [3.05, 3.63) is 0 Å². The minimum Gasteiger partial charge on any atom is -0.395 e. The average molecular weight is 149 g/mol. The zero-order valence-corrected chi connectivity index (χ0v) is 5.70. The van der Waals surface area contributed by atoms with Crippen LogP contribution in [0.2, 0.25) is 0 Å². The first-order valence-electron chi connectivity index (χ1n) is 3.39. The third-order valence-corrected chi connectivity index (χ3v) is 1.71. The van der Waals surface area contributed by atoms with E-state index in [1.54, 1.807) is 4.90 Å². The number of hydrogen-bond acceptors (Lipinski definition) is 3. The Hall–Kier alpha value is -0.190. The molecule has 0 aromatic carbocycles. The molecular formula is C6H12FNO2. The van der Waals surface area contributed by atoms with Crippen molar-refractivity contribution in [2.24, 2.45) is 0 Å². The second-order valence-corrected chi connectivity index (χ2v) is 2.57. The van der Waals surface area contributed by atoms with Crippen molar-refractivity contribution in [1.82, 2.24) is 4.90 Å². The SMILES string of the molecule is OCCN1CC(O)C(F)C1. The molecule has 0 radical (unpaired) electrons. The van der Waals surface area contributed by atoms with Gasteiger partial charge in [0.25, 0.3) is 0 Å². The maximum atomic E-state index is 12.5. The molecule has 0 amide bonds. The molecule has 1 heterocycles. The van der Waals surface area contributed by atoms with Crippen molar-refractivity contribution in [2.75, 3.05) is 26.2 Å². The Morgan fingerprint density at radius 2 is 2.20 bits per heavy atom. The molecule has 2 atom stereocenters. The van der Waals surface area contributed by atoms with E-state index in [4.69, 9.17) is 10.2 Å². The van der Waals surface area contributed by atoms with Crippen molar-refractivity contribution in [2.45, 2.75) is 12.3 Å². The molecule has 60 valence electrons. The van der Waals surface area contributed by atoms with Crippen molar-refractivity contribution in [1.29, 1.82) is 0 Å². The van der Waals surface area contributed by atoms with Crippen LogP contribution < -0.4 is 0 Å². The molecule has 2 N–H and O–H groups in total. The molecule has 0 aromatic rings. The van der Waals surface area contributed by atoms with Crippen LogP contribution in [0.3, 0.4) is 0 Å². The van der Waals surface area contributed by atoms with E-state index in [0.29, 0.717) is 13.1 Å². The summed E-state index contributed by atoms with van der Waals surface area (Å²) in [5.41, 5.74) is 0. The Labute approximate surface area is 59.1 Å². The van der Waals surface area contributed by atoms with E-state index in [2.05, 4.69) is 0 Å². The fourth-order valence-electron chi connectivity index (χ4n) is 1.15. The van der Waals surface area contributed by atoms with Gasteiger partial charge in [-0.05, 0) is 0 Å². The van der Waals surface area contributed by atoms with Gasteiger partial charge in [0.1, 0.15) is 6.17 Å². The molecule has 3 nitrogen and oxygen atoms in total. The lowest BCUT2D eigenvalue weighted by Crippen LogP contribution is -2.25. The van der Waals surface area contributed by atoms with Gasteiger partial charge in [0.15, 0.2) is 0 Å². The van der Waals surface area contributed by atoms with Crippen LogP contribution in [-0.2, 0) is 0 Å². The van der Waals surface area contributed by atoms with Gasteiger partial charge >= 0.3 is 0 Å². The van der Waals surface area contributed by atoms with Crippen LogP contribution >= 0.6 is 0 Å². The number of rotatable bonds is 2. The van der Waals surface area contributed by atoms with Crippen LogP contribution in [0.15, 0.2) is 0 Å². The molecule has 0 aromatic heterocycles. The van der Waals surface area contributed by atoms with Crippen molar-refractivity contribution in [3.8, 4) is 0 Å². The third kappa shape index (κ3) is 1.65. The summed E-state index contributed by atoms with van der Waals surface area (Å²) in [5, 5.41) is 17.3. The summed E-state index contributed by atoms with van der Waals surface area (Å²) in [7, 11) is 0. The molecule has 1 rings (SSSR count). The number of nitrogens with zero attached hydrogens (tertiary/aromatic N) is 1. The average Bonchev–Trinajstić information content (AvgIpc) is 2.14. The van der Waals surface area contributed by atoms with Gasteiger partial charge < -0.3 is 10.2 Å². The Balaban J connectivity index is 2.27. The van der Waals surface area contributed by atoms with Crippen molar-refractivity contribution in [3.63, 3.8) is 0 Å². The maximum Gasteiger partial charge on any atom is 0.140 e. The minimum absolute atomic E-state index is 0.0272. The second kappa shape index (κ2) is 3.27. The molecule has 10 heavy (non-hydrogen) atoms. The molecular weight excluding hydrogens is 137 g/mol. The largest absolute Gasteiger partial charge is 0.395 e. The zero-order chi connectivity index (χ0) is 7.56. The van der Waals surface area contributed by atoms with Gasteiger partial charge in [-0.1, -0.05) is 0 Å². The highest BCUT2D eigenvalue weighted by molar-refractivity contribution is 4.82. The van der Waals surface area contributed by atoms with Crippen LogP contribution in [0.5, 0.6) is 0 Å². The van der Waals surface area contributed by atoms with Crippen molar-refractivity contribution < 1.29 is 14.6 Å². The molecule has 0 aliphatic carbocycles. The van der Waals surface area contributed by atoms with Crippen LogP contribution in [0.1, 0.15) is 0 Å². The summed E-state index contributed by atoms with van der Waals surface area (Å²) in [6, 6.07) is 0. The summed E-state index contributed by atoms with van der Waals surface area (Å²) in [6.07, 6.45) is -1.99. The predicted octanol–water partition coefficient (Wildman–Crippen LogP) is -1.01. The van der Waals surface area contributed by atoms with Gasteiger partial charge in [-0.15, -0.1) is 0 Å². The minimum atomic E-state index is -1.13. The number of alkyl halides is 1. The zero-order valence-electron chi connectivity index (χ0n) is 5.70. The standard InChI is InChI=1S/C6H12FNO2/c7-5-3-8(1-2-9)4-6(5)10/h5-6,9-10H,1-4H2. The maximum absolute atomic E-state index is 12.5. The summed E-state index contributed by atoms with van der Waals surface area (Å²) in [5.74, 6) is 0. The first kappa shape index (κ1) is 7.91. The molecule has 0 bridgehead atoms. The summed E-state index contributed by atoms with van der Waals surface area (Å²) >= 11 is 0. The lowest BCUT2D eigenvalue weighted by molar-refractivity contribution is 0.115. The highest BCUT2D eigenvalue weighted by Crippen LogP contribution is 2.11. The highest BCUT2D eigenvalue weighted by Gasteiger charge is 2.30. The third-order valence-electron chi connectivity index (χ3n) is 1.71. The van der Waals surface area contributed by atoms with Gasteiger partial charge in [-0.3, -0.25) is 4.90 Å². The monoisotopic (exact) mass is 149 g/mol. The number of likely N-dealkylation sites (tertiary alicyclic amines) is 1. The number of halogens is 1. The number of β-amino-alcohol motifs (C(OH)–C–C–N with tert-alkyl or cyclic N) is 2. The van der Waals surface area contributed by atoms with E-state index < -0.39 is 12.3 Å². The summed E-state index contributed by atoms with van der Waals surface area (Å²) in [6.45, 7) is 1.08. The topological polar surface area (TPSA) is 43.7 Å². The molecule has 1 aliphatic heterocycles. The lowest BCUT2D eigenvalue weighted by Gasteiger charge is -2.10. The summed E-state index contributed by atoms with van der Waals surface area (Å²) in [4.78, 5) is 1.70. The first-order valence-corrected chi connectivity index (χ1v) is 3.39. The highest BCUT2D eigenvalue weighted by atomic mass is 19.1. The molecule has 1 fully saturated rings.